The molecule has 0 saturated heterocycles. The van der Waals surface area contributed by atoms with E-state index in [9.17, 15) is 9.90 Å². The van der Waals surface area contributed by atoms with Crippen molar-refractivity contribution in [1.82, 2.24) is 4.98 Å². The smallest absolute Gasteiger partial charge is 0.155 e. The first-order valence-electron chi connectivity index (χ1n) is 7.54. The number of methoxy groups -OCH3 is 1. The van der Waals surface area contributed by atoms with Crippen molar-refractivity contribution < 1.29 is 39.8 Å². The van der Waals surface area contributed by atoms with Gasteiger partial charge in [-0.05, 0) is 31.2 Å². The predicted molar refractivity (Wildman–Crippen MR) is 101 cm³/mol. The Balaban J connectivity index is 0.000000673. The number of aliphatic hydroxyl groups excluding tert-OH is 2. The number of carbonyl (C=O) groups excluding carboxylic acids is 1. The average molecular weight is 553 g/mol. The van der Waals surface area contributed by atoms with Gasteiger partial charge in [0.2, 0.25) is 0 Å². The summed E-state index contributed by atoms with van der Waals surface area (Å²) in [5.41, 5.74) is 3.41. The zero-order valence-electron chi connectivity index (χ0n) is 14.8. The third kappa shape index (κ3) is 8.15. The Kier molecular flexibility index (Phi) is 11.8. The molecule has 0 amide bonds. The molecule has 0 atom stereocenters. The molecule has 1 radical (unpaired) electrons. The van der Waals surface area contributed by atoms with Crippen LogP contribution in [0.15, 0.2) is 42.3 Å². The molecule has 0 aliphatic heterocycles. The molecular formula is C19H22IrNO4S-. The molecule has 0 fully saturated rings. The first-order chi connectivity index (χ1) is 11.9. The number of carbonyl (C=O) groups is 1. The molecule has 5 nitrogen and oxygen atoms in total. The van der Waals surface area contributed by atoms with Crippen molar-refractivity contribution in [2.75, 3.05) is 7.11 Å². The third-order valence-corrected chi connectivity index (χ3v) is 3.44. The number of thiol groups is 1. The molecule has 0 aliphatic carbocycles. The number of rotatable bonds is 5. The van der Waals surface area contributed by atoms with Gasteiger partial charge < -0.3 is 19.9 Å². The maximum Gasteiger partial charge on any atom is 0.155 e. The normalized spacial score (nSPS) is 10.3. The third-order valence-electron chi connectivity index (χ3n) is 3.08. The summed E-state index contributed by atoms with van der Waals surface area (Å²) in [6.07, 6.45) is 2.90. The van der Waals surface area contributed by atoms with Gasteiger partial charge in [0.25, 0.3) is 0 Å². The van der Waals surface area contributed by atoms with E-state index in [1.54, 1.807) is 25.4 Å². The maximum absolute atomic E-state index is 10.0. The summed E-state index contributed by atoms with van der Waals surface area (Å²) < 4.78 is 5.12. The van der Waals surface area contributed by atoms with Crippen molar-refractivity contribution >= 4 is 18.4 Å². The number of aliphatic hydroxyl groups is 2. The van der Waals surface area contributed by atoms with E-state index in [4.69, 9.17) is 9.84 Å². The number of benzene rings is 1. The van der Waals surface area contributed by atoms with Crippen LogP contribution in [0, 0.1) is 6.07 Å². The van der Waals surface area contributed by atoms with E-state index in [1.807, 2.05) is 12.1 Å². The Labute approximate surface area is 172 Å². The molecule has 0 unspecified atom stereocenters. The zero-order chi connectivity index (χ0) is 18.8. The topological polar surface area (TPSA) is 79.7 Å². The summed E-state index contributed by atoms with van der Waals surface area (Å²) in [6.45, 7) is 2.77. The number of allylic oxidation sites excluding steroid dienone is 2. The van der Waals surface area contributed by atoms with Gasteiger partial charge in [-0.3, -0.25) is 4.79 Å². The zero-order valence-corrected chi connectivity index (χ0v) is 18.1. The SMILES string of the molecule is CC(=O)/C=C(/C)O.COc1c[c-]c(-c2cc(CS)ccn2)c(CO)c1.[Ir]. The molecule has 2 aromatic rings. The van der Waals surface area contributed by atoms with Crippen LogP contribution in [0.2, 0.25) is 0 Å². The molecule has 1 aromatic carbocycles. The van der Waals surface area contributed by atoms with Crippen LogP contribution in [0.1, 0.15) is 25.0 Å². The van der Waals surface area contributed by atoms with Gasteiger partial charge in [0.1, 0.15) is 0 Å². The molecule has 0 aliphatic rings. The van der Waals surface area contributed by atoms with E-state index >= 15 is 0 Å². The Hall–Kier alpha value is -1.66. The molecule has 2 N–H and O–H groups in total. The number of hydrogen-bond donors (Lipinski definition) is 3. The minimum Gasteiger partial charge on any atom is -0.540 e. The van der Waals surface area contributed by atoms with Crippen LogP contribution in [0.25, 0.3) is 11.3 Å². The molecule has 7 heteroatoms. The van der Waals surface area contributed by atoms with Crippen molar-refractivity contribution in [2.45, 2.75) is 26.2 Å². The fourth-order valence-electron chi connectivity index (χ4n) is 2.01. The van der Waals surface area contributed by atoms with Crippen molar-refractivity contribution in [3.05, 3.63) is 59.5 Å². The molecule has 0 bridgehead atoms. The number of aromatic nitrogens is 1. The van der Waals surface area contributed by atoms with Gasteiger partial charge in [0.05, 0.1) is 12.9 Å². The Morgan fingerprint density at radius 2 is 2.08 bits per heavy atom. The fourth-order valence-corrected chi connectivity index (χ4v) is 2.20. The monoisotopic (exact) mass is 553 g/mol. The quantitative estimate of drug-likeness (QED) is 0.229. The van der Waals surface area contributed by atoms with Crippen LogP contribution in [0.5, 0.6) is 5.75 Å². The van der Waals surface area contributed by atoms with E-state index < -0.39 is 0 Å². The number of nitrogens with zero attached hydrogens (tertiary/aromatic N) is 1. The van der Waals surface area contributed by atoms with Gasteiger partial charge in [-0.1, -0.05) is 17.7 Å². The minimum atomic E-state index is -0.125. The summed E-state index contributed by atoms with van der Waals surface area (Å²) in [5, 5.41) is 17.8. The van der Waals surface area contributed by atoms with Crippen LogP contribution in [-0.2, 0) is 37.3 Å². The van der Waals surface area contributed by atoms with Gasteiger partial charge in [-0.15, -0.1) is 17.7 Å². The van der Waals surface area contributed by atoms with Crippen LogP contribution < -0.4 is 4.74 Å². The van der Waals surface area contributed by atoms with Crippen molar-refractivity contribution in [3.8, 4) is 17.0 Å². The van der Waals surface area contributed by atoms with Crippen molar-refractivity contribution in [1.29, 1.82) is 0 Å². The molecule has 1 heterocycles. The summed E-state index contributed by atoms with van der Waals surface area (Å²) in [6, 6.07) is 10.5. The van der Waals surface area contributed by atoms with Crippen molar-refractivity contribution in [2.24, 2.45) is 0 Å². The van der Waals surface area contributed by atoms with Crippen LogP contribution in [0.3, 0.4) is 0 Å². The first kappa shape index (κ1) is 24.3. The Morgan fingerprint density at radius 3 is 2.54 bits per heavy atom. The summed E-state index contributed by atoms with van der Waals surface area (Å²) in [4.78, 5) is 14.3. The summed E-state index contributed by atoms with van der Waals surface area (Å²) in [7, 11) is 1.59. The van der Waals surface area contributed by atoms with Crippen molar-refractivity contribution in [3.63, 3.8) is 0 Å². The van der Waals surface area contributed by atoms with Gasteiger partial charge in [-0.25, -0.2) is 0 Å². The largest absolute Gasteiger partial charge is 0.540 e. The molecule has 1 aromatic heterocycles. The maximum atomic E-state index is 10.0. The standard InChI is InChI=1S/C14H14NO2S.C5H8O2.Ir/c1-17-12-2-3-13(11(7-12)8-16)14-6-10(9-18)4-5-15-14;1-4(6)3-5(2)7;/h2,4-7,16,18H,8-9H2,1H3;3,6H,1-2H3;/q-1;;/b;4-3-;. The Bertz CT molecular complexity index is 746. The fraction of sp³-hybridized carbons (Fsp3) is 0.263. The van der Waals surface area contributed by atoms with Gasteiger partial charge >= 0.3 is 0 Å². The number of ether oxygens (including phenoxy) is 1. The molecule has 143 valence electrons. The van der Waals surface area contributed by atoms with Gasteiger partial charge in [0, 0.05) is 50.5 Å². The molecule has 0 spiro atoms. The van der Waals surface area contributed by atoms with E-state index in [2.05, 4.69) is 23.7 Å². The van der Waals surface area contributed by atoms with E-state index in [0.29, 0.717) is 11.5 Å². The van der Waals surface area contributed by atoms with E-state index in [1.165, 1.54) is 19.9 Å². The second-order valence-corrected chi connectivity index (χ2v) is 5.52. The van der Waals surface area contributed by atoms with Crippen LogP contribution in [0.4, 0.5) is 0 Å². The average Bonchev–Trinajstić information content (AvgIpc) is 2.60. The summed E-state index contributed by atoms with van der Waals surface area (Å²) >= 11 is 4.24. The number of hydrogen-bond acceptors (Lipinski definition) is 6. The molecular weight excluding hydrogens is 530 g/mol. The Morgan fingerprint density at radius 1 is 1.38 bits per heavy atom. The molecule has 0 saturated carbocycles. The van der Waals surface area contributed by atoms with Crippen LogP contribution in [-0.4, -0.2) is 28.1 Å². The van der Waals surface area contributed by atoms with E-state index in [0.717, 1.165) is 22.4 Å². The predicted octanol–water partition coefficient (Wildman–Crippen LogP) is 3.51. The number of pyridine rings is 1. The molecule has 26 heavy (non-hydrogen) atoms. The molecule has 2 rings (SSSR count). The van der Waals surface area contributed by atoms with Crippen LogP contribution >= 0.6 is 12.6 Å². The van der Waals surface area contributed by atoms with Gasteiger partial charge in [0.15, 0.2) is 5.78 Å². The second kappa shape index (κ2) is 12.7. The first-order valence-corrected chi connectivity index (χ1v) is 8.18. The number of ketones is 1. The minimum absolute atomic E-state index is 0. The van der Waals surface area contributed by atoms with Gasteiger partial charge in [-0.2, -0.15) is 12.6 Å². The second-order valence-electron chi connectivity index (χ2n) is 5.20. The van der Waals surface area contributed by atoms with E-state index in [-0.39, 0.29) is 38.3 Å². The summed E-state index contributed by atoms with van der Waals surface area (Å²) in [5.74, 6) is 1.26.